The molecular weight excluding hydrogens is 266 g/mol. The molecule has 2 rings (SSSR count). The number of hydrogen-bond donors (Lipinski definition) is 0. The van der Waals surface area contributed by atoms with Crippen LogP contribution in [-0.4, -0.2) is 36.6 Å². The zero-order chi connectivity index (χ0) is 15.2. The van der Waals surface area contributed by atoms with Crippen LogP contribution in [0.4, 0.5) is 0 Å². The van der Waals surface area contributed by atoms with Gasteiger partial charge in [-0.25, -0.2) is 0 Å². The minimum Gasteiger partial charge on any atom is -0.497 e. The van der Waals surface area contributed by atoms with Gasteiger partial charge >= 0.3 is 0 Å². The molecule has 1 unspecified atom stereocenters. The molecular formula is C17H25NO3. The SMILES string of the molecule is CCN(C(=O)C(C)Oc1ccc(OC)cc1)C1CCCC1. The number of nitrogens with zero attached hydrogens (tertiary/aromatic N) is 1. The number of methoxy groups -OCH3 is 1. The summed E-state index contributed by atoms with van der Waals surface area (Å²) in [5.41, 5.74) is 0. The van der Waals surface area contributed by atoms with Crippen LogP contribution in [0.15, 0.2) is 24.3 Å². The van der Waals surface area contributed by atoms with Crippen molar-refractivity contribution in [1.82, 2.24) is 4.90 Å². The van der Waals surface area contributed by atoms with Gasteiger partial charge in [0.2, 0.25) is 0 Å². The summed E-state index contributed by atoms with van der Waals surface area (Å²) in [7, 11) is 1.63. The smallest absolute Gasteiger partial charge is 0.263 e. The lowest BCUT2D eigenvalue weighted by atomic mass is 10.2. The van der Waals surface area contributed by atoms with Crippen LogP contribution < -0.4 is 9.47 Å². The largest absolute Gasteiger partial charge is 0.497 e. The second kappa shape index (κ2) is 7.34. The molecule has 0 saturated heterocycles. The van der Waals surface area contributed by atoms with Gasteiger partial charge in [-0.3, -0.25) is 4.79 Å². The van der Waals surface area contributed by atoms with Gasteiger partial charge in [-0.15, -0.1) is 0 Å². The lowest BCUT2D eigenvalue weighted by Crippen LogP contribution is -2.45. The molecule has 1 atom stereocenters. The van der Waals surface area contributed by atoms with Gasteiger partial charge in [0.15, 0.2) is 6.10 Å². The molecule has 1 saturated carbocycles. The zero-order valence-corrected chi connectivity index (χ0v) is 13.2. The topological polar surface area (TPSA) is 38.8 Å². The third kappa shape index (κ3) is 3.90. The van der Waals surface area contributed by atoms with Crippen LogP contribution in [0, 0.1) is 0 Å². The second-order valence-electron chi connectivity index (χ2n) is 5.50. The van der Waals surface area contributed by atoms with Gasteiger partial charge in [0, 0.05) is 12.6 Å². The summed E-state index contributed by atoms with van der Waals surface area (Å²) in [6.07, 6.45) is 4.23. The summed E-state index contributed by atoms with van der Waals surface area (Å²) in [6, 6.07) is 7.72. The molecule has 1 aliphatic rings. The van der Waals surface area contributed by atoms with Crippen molar-refractivity contribution in [3.8, 4) is 11.5 Å². The highest BCUT2D eigenvalue weighted by Gasteiger charge is 2.29. The van der Waals surface area contributed by atoms with E-state index in [1.807, 2.05) is 43.0 Å². The van der Waals surface area contributed by atoms with E-state index in [1.165, 1.54) is 12.8 Å². The van der Waals surface area contributed by atoms with Crippen LogP contribution in [0.1, 0.15) is 39.5 Å². The quantitative estimate of drug-likeness (QED) is 0.807. The van der Waals surface area contributed by atoms with Gasteiger partial charge in [-0.2, -0.15) is 0 Å². The average Bonchev–Trinajstić information content (AvgIpc) is 3.02. The molecule has 1 aromatic carbocycles. The summed E-state index contributed by atoms with van der Waals surface area (Å²) in [5, 5.41) is 0. The molecule has 0 radical (unpaired) electrons. The molecule has 1 aliphatic carbocycles. The molecule has 0 N–H and O–H groups in total. The lowest BCUT2D eigenvalue weighted by molar-refractivity contribution is -0.140. The van der Waals surface area contributed by atoms with Crippen LogP contribution >= 0.6 is 0 Å². The summed E-state index contributed by atoms with van der Waals surface area (Å²) in [5.74, 6) is 1.56. The lowest BCUT2D eigenvalue weighted by Gasteiger charge is -2.30. The molecule has 21 heavy (non-hydrogen) atoms. The van der Waals surface area contributed by atoms with Crippen LogP contribution in [0.5, 0.6) is 11.5 Å². The molecule has 4 heteroatoms. The fourth-order valence-electron chi connectivity index (χ4n) is 2.95. The average molecular weight is 291 g/mol. The third-order valence-corrected chi connectivity index (χ3v) is 4.11. The predicted octanol–water partition coefficient (Wildman–Crippen LogP) is 3.25. The Labute approximate surface area is 127 Å². The molecule has 0 spiro atoms. The summed E-state index contributed by atoms with van der Waals surface area (Å²) < 4.78 is 10.9. The van der Waals surface area contributed by atoms with E-state index in [2.05, 4.69) is 0 Å². The normalized spacial score (nSPS) is 16.5. The number of likely N-dealkylation sites (N-methyl/N-ethyl adjacent to an activating group) is 1. The molecule has 1 aromatic rings. The highest BCUT2D eigenvalue weighted by Crippen LogP contribution is 2.25. The minimum atomic E-state index is -0.459. The maximum atomic E-state index is 12.6. The van der Waals surface area contributed by atoms with Crippen LogP contribution in [0.2, 0.25) is 0 Å². The Morgan fingerprint density at radius 1 is 1.24 bits per heavy atom. The first-order valence-electron chi connectivity index (χ1n) is 7.77. The van der Waals surface area contributed by atoms with Crippen LogP contribution in [-0.2, 0) is 4.79 Å². The van der Waals surface area contributed by atoms with E-state index in [0.29, 0.717) is 11.8 Å². The molecule has 1 fully saturated rings. The van der Waals surface area contributed by atoms with Gasteiger partial charge in [0.1, 0.15) is 11.5 Å². The molecule has 0 aliphatic heterocycles. The van der Waals surface area contributed by atoms with E-state index in [-0.39, 0.29) is 5.91 Å². The van der Waals surface area contributed by atoms with Gasteiger partial charge in [0.05, 0.1) is 7.11 Å². The Balaban J connectivity index is 1.96. The number of carbonyl (C=O) groups is 1. The maximum absolute atomic E-state index is 12.6. The summed E-state index contributed by atoms with van der Waals surface area (Å²) in [6.45, 7) is 4.61. The highest BCUT2D eigenvalue weighted by atomic mass is 16.5. The highest BCUT2D eigenvalue weighted by molar-refractivity contribution is 5.81. The Kier molecular flexibility index (Phi) is 5.48. The van der Waals surface area contributed by atoms with Gasteiger partial charge < -0.3 is 14.4 Å². The van der Waals surface area contributed by atoms with E-state index < -0.39 is 6.10 Å². The van der Waals surface area contributed by atoms with Crippen molar-refractivity contribution in [2.24, 2.45) is 0 Å². The number of benzene rings is 1. The van der Waals surface area contributed by atoms with Gasteiger partial charge in [-0.05, 0) is 51.0 Å². The first-order chi connectivity index (χ1) is 10.2. The monoisotopic (exact) mass is 291 g/mol. The van der Waals surface area contributed by atoms with Crippen LogP contribution in [0.25, 0.3) is 0 Å². The molecule has 116 valence electrons. The Morgan fingerprint density at radius 3 is 2.33 bits per heavy atom. The fraction of sp³-hybridized carbons (Fsp3) is 0.588. The molecule has 4 nitrogen and oxygen atoms in total. The van der Waals surface area contributed by atoms with Crippen molar-refractivity contribution in [3.05, 3.63) is 24.3 Å². The summed E-state index contributed by atoms with van der Waals surface area (Å²) in [4.78, 5) is 14.5. The van der Waals surface area contributed by atoms with Crippen LogP contribution in [0.3, 0.4) is 0 Å². The van der Waals surface area contributed by atoms with Gasteiger partial charge in [0.25, 0.3) is 5.91 Å². The number of rotatable bonds is 6. The van der Waals surface area contributed by atoms with Gasteiger partial charge in [-0.1, -0.05) is 12.8 Å². The molecule has 0 heterocycles. The minimum absolute atomic E-state index is 0.0835. The number of carbonyl (C=O) groups excluding carboxylic acids is 1. The Hall–Kier alpha value is -1.71. The number of hydrogen-bond acceptors (Lipinski definition) is 3. The fourth-order valence-corrected chi connectivity index (χ4v) is 2.95. The van der Waals surface area contributed by atoms with E-state index in [4.69, 9.17) is 9.47 Å². The molecule has 1 amide bonds. The van der Waals surface area contributed by atoms with Crippen molar-refractivity contribution in [2.45, 2.75) is 51.7 Å². The first kappa shape index (κ1) is 15.7. The van der Waals surface area contributed by atoms with Crippen molar-refractivity contribution >= 4 is 5.91 Å². The Bertz CT molecular complexity index is 452. The van der Waals surface area contributed by atoms with E-state index in [1.54, 1.807) is 7.11 Å². The Morgan fingerprint density at radius 2 is 1.81 bits per heavy atom. The predicted molar refractivity (Wildman–Crippen MR) is 82.7 cm³/mol. The van der Waals surface area contributed by atoms with Crippen molar-refractivity contribution in [2.75, 3.05) is 13.7 Å². The molecule has 0 bridgehead atoms. The van der Waals surface area contributed by atoms with E-state index in [9.17, 15) is 4.79 Å². The van der Waals surface area contributed by atoms with Crippen molar-refractivity contribution < 1.29 is 14.3 Å². The molecule has 0 aromatic heterocycles. The maximum Gasteiger partial charge on any atom is 0.263 e. The van der Waals surface area contributed by atoms with Crippen molar-refractivity contribution in [1.29, 1.82) is 0 Å². The number of ether oxygens (including phenoxy) is 2. The standard InChI is InChI=1S/C17H25NO3/c1-4-18(14-7-5-6-8-14)17(19)13(2)21-16-11-9-15(20-3)10-12-16/h9-14H,4-8H2,1-3H3. The third-order valence-electron chi connectivity index (χ3n) is 4.11. The van der Waals surface area contributed by atoms with E-state index in [0.717, 1.165) is 25.1 Å². The van der Waals surface area contributed by atoms with Crippen molar-refractivity contribution in [3.63, 3.8) is 0 Å². The van der Waals surface area contributed by atoms with E-state index >= 15 is 0 Å². The number of amides is 1. The summed E-state index contributed by atoms with van der Waals surface area (Å²) >= 11 is 0. The second-order valence-corrected chi connectivity index (χ2v) is 5.50. The first-order valence-corrected chi connectivity index (χ1v) is 7.77. The zero-order valence-electron chi connectivity index (χ0n) is 13.2.